The van der Waals surface area contributed by atoms with Crippen molar-refractivity contribution in [2.45, 2.75) is 36.4 Å². The third-order valence-corrected chi connectivity index (χ3v) is 4.75. The predicted molar refractivity (Wildman–Crippen MR) is 75.7 cm³/mol. The number of aromatic nitrogens is 1. The molecule has 1 aliphatic rings. The fourth-order valence-electron chi connectivity index (χ4n) is 2.83. The summed E-state index contributed by atoms with van der Waals surface area (Å²) in [5, 5.41) is 1.25. The van der Waals surface area contributed by atoms with Crippen molar-refractivity contribution in [2.24, 2.45) is 0 Å². The molecule has 88 valence electrons. The molecule has 0 radical (unpaired) electrons. The maximum atomic E-state index is 4.58. The second-order valence-electron chi connectivity index (χ2n) is 5.32. The van der Waals surface area contributed by atoms with Gasteiger partial charge in [0.25, 0.3) is 0 Å². The van der Waals surface area contributed by atoms with Crippen molar-refractivity contribution >= 4 is 26.8 Å². The average molecular weight is 290 g/mol. The quantitative estimate of drug-likeness (QED) is 0.707. The molecule has 1 heterocycles. The van der Waals surface area contributed by atoms with Gasteiger partial charge in [0.1, 0.15) is 0 Å². The van der Waals surface area contributed by atoms with Crippen LogP contribution in [-0.4, -0.2) is 9.81 Å². The molecule has 17 heavy (non-hydrogen) atoms. The molecule has 1 aliphatic carbocycles. The molecule has 0 amide bonds. The van der Waals surface area contributed by atoms with Crippen molar-refractivity contribution in [2.75, 3.05) is 0 Å². The van der Waals surface area contributed by atoms with Crippen LogP contribution < -0.4 is 0 Å². The number of benzene rings is 1. The first-order valence-corrected chi connectivity index (χ1v) is 7.08. The molecule has 2 unspecified atom stereocenters. The lowest BCUT2D eigenvalue weighted by atomic mass is 9.81. The van der Waals surface area contributed by atoms with E-state index in [9.17, 15) is 0 Å². The Labute approximate surface area is 110 Å². The second kappa shape index (κ2) is 4.09. The molecular formula is C15H16BrN. The Morgan fingerprint density at radius 2 is 2.18 bits per heavy atom. The summed E-state index contributed by atoms with van der Waals surface area (Å²) in [6, 6.07) is 10.7. The van der Waals surface area contributed by atoms with E-state index in [2.05, 4.69) is 58.3 Å². The minimum atomic E-state index is 0.297. The molecule has 2 atom stereocenters. The first-order chi connectivity index (χ1) is 8.17. The smallest absolute Gasteiger partial charge is 0.0702 e. The van der Waals surface area contributed by atoms with Crippen LogP contribution in [0, 0.1) is 0 Å². The molecule has 0 aliphatic heterocycles. The lowest BCUT2D eigenvalue weighted by Gasteiger charge is -2.24. The summed E-state index contributed by atoms with van der Waals surface area (Å²) in [5.74, 6) is 0. The van der Waals surface area contributed by atoms with Gasteiger partial charge in [-0.05, 0) is 42.4 Å². The van der Waals surface area contributed by atoms with Gasteiger partial charge in [0, 0.05) is 16.4 Å². The van der Waals surface area contributed by atoms with Crippen LogP contribution in [-0.2, 0) is 5.41 Å². The van der Waals surface area contributed by atoms with Crippen LogP contribution in [0.2, 0.25) is 0 Å². The summed E-state index contributed by atoms with van der Waals surface area (Å²) in [6.07, 6.45) is 5.80. The largest absolute Gasteiger partial charge is 0.256 e. The number of para-hydroxylation sites is 1. The maximum Gasteiger partial charge on any atom is 0.0702 e. The number of nitrogens with zero attached hydrogens (tertiary/aromatic N) is 1. The van der Waals surface area contributed by atoms with Crippen molar-refractivity contribution in [3.63, 3.8) is 0 Å². The Morgan fingerprint density at radius 3 is 2.94 bits per heavy atom. The van der Waals surface area contributed by atoms with Crippen LogP contribution >= 0.6 is 15.9 Å². The van der Waals surface area contributed by atoms with Crippen LogP contribution in [0.25, 0.3) is 10.9 Å². The Bertz CT molecular complexity index is 551. The van der Waals surface area contributed by atoms with Gasteiger partial charge in [-0.1, -0.05) is 41.1 Å². The van der Waals surface area contributed by atoms with Crippen LogP contribution in [0.1, 0.15) is 31.7 Å². The van der Waals surface area contributed by atoms with E-state index in [-0.39, 0.29) is 0 Å². The molecule has 2 heteroatoms. The van der Waals surface area contributed by atoms with Gasteiger partial charge in [0.2, 0.25) is 0 Å². The number of pyridine rings is 1. The zero-order valence-corrected chi connectivity index (χ0v) is 11.6. The van der Waals surface area contributed by atoms with E-state index in [1.54, 1.807) is 0 Å². The zero-order chi connectivity index (χ0) is 11.9. The van der Waals surface area contributed by atoms with E-state index in [1.165, 1.54) is 30.2 Å². The summed E-state index contributed by atoms with van der Waals surface area (Å²) >= 11 is 3.74. The minimum Gasteiger partial charge on any atom is -0.256 e. The van der Waals surface area contributed by atoms with Gasteiger partial charge < -0.3 is 0 Å². The third kappa shape index (κ3) is 1.99. The molecule has 1 aromatic heterocycles. The van der Waals surface area contributed by atoms with E-state index in [0.717, 1.165) is 5.52 Å². The molecule has 1 nitrogen and oxygen atoms in total. The van der Waals surface area contributed by atoms with Crippen molar-refractivity contribution in [1.82, 2.24) is 4.98 Å². The van der Waals surface area contributed by atoms with Gasteiger partial charge in [-0.3, -0.25) is 4.98 Å². The van der Waals surface area contributed by atoms with Gasteiger partial charge in [0.15, 0.2) is 0 Å². The zero-order valence-electron chi connectivity index (χ0n) is 9.99. The van der Waals surface area contributed by atoms with E-state index >= 15 is 0 Å². The molecule has 1 aromatic carbocycles. The van der Waals surface area contributed by atoms with E-state index in [1.807, 2.05) is 6.07 Å². The number of fused-ring (bicyclic) bond motifs is 1. The van der Waals surface area contributed by atoms with E-state index < -0.39 is 0 Å². The van der Waals surface area contributed by atoms with Crippen molar-refractivity contribution in [3.8, 4) is 0 Å². The van der Waals surface area contributed by atoms with Crippen LogP contribution in [0.15, 0.2) is 36.5 Å². The Hall–Kier alpha value is -0.890. The highest BCUT2D eigenvalue weighted by Gasteiger charge is 2.35. The van der Waals surface area contributed by atoms with Crippen LogP contribution in [0.4, 0.5) is 0 Å². The molecule has 1 fully saturated rings. The molecule has 3 rings (SSSR count). The highest BCUT2D eigenvalue weighted by molar-refractivity contribution is 9.09. The van der Waals surface area contributed by atoms with Gasteiger partial charge >= 0.3 is 0 Å². The van der Waals surface area contributed by atoms with Crippen LogP contribution in [0.3, 0.4) is 0 Å². The fourth-order valence-corrected chi connectivity index (χ4v) is 3.77. The molecule has 0 bridgehead atoms. The number of halogens is 1. The van der Waals surface area contributed by atoms with E-state index in [4.69, 9.17) is 0 Å². The molecule has 0 saturated heterocycles. The molecule has 2 aromatic rings. The Kier molecular flexibility index (Phi) is 2.70. The monoisotopic (exact) mass is 289 g/mol. The SMILES string of the molecule is CC1(c2cnc3ccccc3c2)CCC(Br)C1. The standard InChI is InChI=1S/C15H16BrN/c1-15(7-6-13(16)9-15)12-8-11-4-2-3-5-14(11)17-10-12/h2-5,8,10,13H,6-7,9H2,1H3. The highest BCUT2D eigenvalue weighted by atomic mass is 79.9. The summed E-state index contributed by atoms with van der Waals surface area (Å²) in [7, 11) is 0. The van der Waals surface area contributed by atoms with Gasteiger partial charge in [-0.2, -0.15) is 0 Å². The van der Waals surface area contributed by atoms with Crippen molar-refractivity contribution < 1.29 is 0 Å². The molecular weight excluding hydrogens is 274 g/mol. The van der Waals surface area contributed by atoms with Gasteiger partial charge in [0.05, 0.1) is 5.52 Å². The van der Waals surface area contributed by atoms with Crippen molar-refractivity contribution in [3.05, 3.63) is 42.1 Å². The Balaban J connectivity index is 2.06. The van der Waals surface area contributed by atoms with Gasteiger partial charge in [-0.25, -0.2) is 0 Å². The summed E-state index contributed by atoms with van der Waals surface area (Å²) in [6.45, 7) is 2.36. The summed E-state index contributed by atoms with van der Waals surface area (Å²) in [4.78, 5) is 5.25. The fraction of sp³-hybridized carbons (Fsp3) is 0.400. The molecule has 1 saturated carbocycles. The predicted octanol–water partition coefficient (Wildman–Crippen LogP) is 4.44. The molecule has 0 spiro atoms. The minimum absolute atomic E-state index is 0.297. The first kappa shape index (κ1) is 11.2. The van der Waals surface area contributed by atoms with E-state index in [0.29, 0.717) is 10.2 Å². The number of hydrogen-bond donors (Lipinski definition) is 0. The normalized spacial score (nSPS) is 28.7. The summed E-state index contributed by atoms with van der Waals surface area (Å²) < 4.78 is 0. The van der Waals surface area contributed by atoms with Crippen LogP contribution in [0.5, 0.6) is 0 Å². The topological polar surface area (TPSA) is 12.9 Å². The van der Waals surface area contributed by atoms with Gasteiger partial charge in [-0.15, -0.1) is 0 Å². The lowest BCUT2D eigenvalue weighted by molar-refractivity contribution is 0.492. The maximum absolute atomic E-state index is 4.58. The highest BCUT2D eigenvalue weighted by Crippen LogP contribution is 2.43. The Morgan fingerprint density at radius 1 is 1.35 bits per heavy atom. The summed E-state index contributed by atoms with van der Waals surface area (Å²) in [5.41, 5.74) is 2.77. The third-order valence-electron chi connectivity index (χ3n) is 3.97. The molecule has 0 N–H and O–H groups in total. The second-order valence-corrected chi connectivity index (χ2v) is 6.61. The first-order valence-electron chi connectivity index (χ1n) is 6.17. The number of hydrogen-bond acceptors (Lipinski definition) is 1. The number of rotatable bonds is 1. The number of alkyl halides is 1. The van der Waals surface area contributed by atoms with Crippen molar-refractivity contribution in [1.29, 1.82) is 0 Å². The average Bonchev–Trinajstić information content (AvgIpc) is 2.70. The lowest BCUT2D eigenvalue weighted by Crippen LogP contribution is -2.18.